The van der Waals surface area contributed by atoms with Gasteiger partial charge in [0.2, 0.25) is 0 Å². The fourth-order valence-electron chi connectivity index (χ4n) is 1.65. The smallest absolute Gasteiger partial charge is 0.254 e. The van der Waals surface area contributed by atoms with Crippen LogP contribution in [0.4, 0.5) is 4.39 Å². The number of aromatic amines is 1. The van der Waals surface area contributed by atoms with Crippen LogP contribution in [0.25, 0.3) is 11.4 Å². The SMILES string of the molecule is Cc1cc(F)cc(-c2nc(C)c(C)c(=O)[nH]2)c1. The fraction of sp³-hybridized carbons (Fsp3) is 0.231. The Kier molecular flexibility index (Phi) is 2.79. The van der Waals surface area contributed by atoms with E-state index in [1.807, 2.05) is 0 Å². The molecule has 1 aromatic carbocycles. The highest BCUT2D eigenvalue weighted by Gasteiger charge is 2.07. The van der Waals surface area contributed by atoms with Crippen LogP contribution in [0.5, 0.6) is 0 Å². The third-order valence-electron chi connectivity index (χ3n) is 2.71. The normalized spacial score (nSPS) is 10.6. The van der Waals surface area contributed by atoms with Gasteiger partial charge in [-0.05, 0) is 44.5 Å². The summed E-state index contributed by atoms with van der Waals surface area (Å²) in [6, 6.07) is 4.58. The van der Waals surface area contributed by atoms with Gasteiger partial charge in [-0.3, -0.25) is 4.79 Å². The summed E-state index contributed by atoms with van der Waals surface area (Å²) in [5.74, 6) is 0.0709. The van der Waals surface area contributed by atoms with Crippen LogP contribution >= 0.6 is 0 Å². The van der Waals surface area contributed by atoms with Crippen LogP contribution in [-0.4, -0.2) is 9.97 Å². The highest BCUT2D eigenvalue weighted by molar-refractivity contribution is 5.56. The van der Waals surface area contributed by atoms with Crippen molar-refractivity contribution in [3.05, 3.63) is 51.2 Å². The molecule has 0 aliphatic heterocycles. The molecular formula is C13H13FN2O. The fourth-order valence-corrected chi connectivity index (χ4v) is 1.65. The van der Waals surface area contributed by atoms with Gasteiger partial charge in [-0.25, -0.2) is 9.37 Å². The van der Waals surface area contributed by atoms with Gasteiger partial charge in [-0.1, -0.05) is 0 Å². The van der Waals surface area contributed by atoms with Gasteiger partial charge < -0.3 is 4.98 Å². The minimum atomic E-state index is -0.333. The van der Waals surface area contributed by atoms with Gasteiger partial charge in [0, 0.05) is 16.8 Å². The summed E-state index contributed by atoms with van der Waals surface area (Å²) in [4.78, 5) is 18.5. The lowest BCUT2D eigenvalue weighted by Crippen LogP contribution is -2.14. The van der Waals surface area contributed by atoms with Crippen molar-refractivity contribution in [1.82, 2.24) is 9.97 Å². The molecule has 0 fully saturated rings. The van der Waals surface area contributed by atoms with Crippen LogP contribution in [0.15, 0.2) is 23.0 Å². The number of aromatic nitrogens is 2. The molecule has 0 aliphatic carbocycles. The van der Waals surface area contributed by atoms with Crippen molar-refractivity contribution < 1.29 is 4.39 Å². The molecule has 1 aromatic heterocycles. The Hall–Kier alpha value is -1.97. The van der Waals surface area contributed by atoms with E-state index in [2.05, 4.69) is 9.97 Å². The number of rotatable bonds is 1. The van der Waals surface area contributed by atoms with E-state index in [-0.39, 0.29) is 11.4 Å². The molecule has 1 N–H and O–H groups in total. The van der Waals surface area contributed by atoms with Gasteiger partial charge in [0.15, 0.2) is 0 Å². The number of benzene rings is 1. The lowest BCUT2D eigenvalue weighted by atomic mass is 10.1. The second-order valence-electron chi connectivity index (χ2n) is 4.14. The second kappa shape index (κ2) is 4.13. The van der Waals surface area contributed by atoms with E-state index in [1.165, 1.54) is 12.1 Å². The van der Waals surface area contributed by atoms with Crippen molar-refractivity contribution in [3.8, 4) is 11.4 Å². The third kappa shape index (κ3) is 2.25. The van der Waals surface area contributed by atoms with E-state index in [1.54, 1.807) is 26.8 Å². The third-order valence-corrected chi connectivity index (χ3v) is 2.71. The molecule has 0 saturated heterocycles. The predicted octanol–water partition coefficient (Wildman–Crippen LogP) is 2.50. The van der Waals surface area contributed by atoms with Crippen LogP contribution in [0, 0.1) is 26.6 Å². The summed E-state index contributed by atoms with van der Waals surface area (Å²) in [5.41, 5.74) is 2.44. The van der Waals surface area contributed by atoms with Crippen molar-refractivity contribution in [2.24, 2.45) is 0 Å². The summed E-state index contributed by atoms with van der Waals surface area (Å²) < 4.78 is 13.3. The number of H-pyrrole nitrogens is 1. The van der Waals surface area contributed by atoms with Crippen LogP contribution in [-0.2, 0) is 0 Å². The number of nitrogens with one attached hydrogen (secondary N) is 1. The first-order valence-electron chi connectivity index (χ1n) is 5.32. The van der Waals surface area contributed by atoms with Gasteiger partial charge in [-0.2, -0.15) is 0 Å². The quantitative estimate of drug-likeness (QED) is 0.821. The topological polar surface area (TPSA) is 45.8 Å². The molecule has 0 amide bonds. The number of hydrogen-bond donors (Lipinski definition) is 1. The number of halogens is 1. The monoisotopic (exact) mass is 232 g/mol. The van der Waals surface area contributed by atoms with Gasteiger partial charge in [0.25, 0.3) is 5.56 Å². The lowest BCUT2D eigenvalue weighted by Gasteiger charge is -2.05. The minimum Gasteiger partial charge on any atom is -0.306 e. The van der Waals surface area contributed by atoms with Crippen molar-refractivity contribution in [3.63, 3.8) is 0 Å². The first-order chi connectivity index (χ1) is 7.97. The largest absolute Gasteiger partial charge is 0.306 e. The first kappa shape index (κ1) is 11.5. The standard InChI is InChI=1S/C13H13FN2O/c1-7-4-10(6-11(14)5-7)12-15-9(3)8(2)13(17)16-12/h4-6H,1-3H3,(H,15,16,17). The Morgan fingerprint density at radius 1 is 1.18 bits per heavy atom. The first-order valence-corrected chi connectivity index (χ1v) is 5.32. The maximum atomic E-state index is 13.3. The summed E-state index contributed by atoms with van der Waals surface area (Å²) >= 11 is 0. The second-order valence-corrected chi connectivity index (χ2v) is 4.14. The summed E-state index contributed by atoms with van der Waals surface area (Å²) in [7, 11) is 0. The van der Waals surface area contributed by atoms with Crippen LogP contribution in [0.2, 0.25) is 0 Å². The zero-order valence-corrected chi connectivity index (χ0v) is 9.97. The molecule has 88 valence electrons. The molecule has 0 unspecified atom stereocenters. The maximum absolute atomic E-state index is 13.3. The molecular weight excluding hydrogens is 219 g/mol. The summed E-state index contributed by atoms with van der Waals surface area (Å²) in [5, 5.41) is 0. The van der Waals surface area contributed by atoms with E-state index >= 15 is 0 Å². The average Bonchev–Trinajstić information content (AvgIpc) is 2.23. The summed E-state index contributed by atoms with van der Waals surface area (Å²) in [6.07, 6.45) is 0. The van der Waals surface area contributed by atoms with E-state index in [4.69, 9.17) is 0 Å². The Balaban J connectivity index is 2.65. The Labute approximate surface area is 98.3 Å². The van der Waals surface area contributed by atoms with Crippen molar-refractivity contribution in [2.45, 2.75) is 20.8 Å². The summed E-state index contributed by atoms with van der Waals surface area (Å²) in [6.45, 7) is 5.27. The van der Waals surface area contributed by atoms with E-state index in [9.17, 15) is 9.18 Å². The highest BCUT2D eigenvalue weighted by atomic mass is 19.1. The van der Waals surface area contributed by atoms with Crippen LogP contribution in [0.1, 0.15) is 16.8 Å². The van der Waals surface area contributed by atoms with Gasteiger partial charge in [0.1, 0.15) is 11.6 Å². The van der Waals surface area contributed by atoms with E-state index < -0.39 is 0 Å². The zero-order valence-electron chi connectivity index (χ0n) is 9.97. The average molecular weight is 232 g/mol. The number of aryl methyl sites for hydroxylation is 2. The van der Waals surface area contributed by atoms with Crippen molar-refractivity contribution in [2.75, 3.05) is 0 Å². The van der Waals surface area contributed by atoms with Crippen LogP contribution < -0.4 is 5.56 Å². The Morgan fingerprint density at radius 2 is 1.88 bits per heavy atom. The molecule has 2 aromatic rings. The molecule has 0 saturated carbocycles. The highest BCUT2D eigenvalue weighted by Crippen LogP contribution is 2.17. The number of hydrogen-bond acceptors (Lipinski definition) is 2. The zero-order chi connectivity index (χ0) is 12.6. The Bertz CT molecular complexity index is 612. The molecule has 2 rings (SSSR count). The van der Waals surface area contributed by atoms with Crippen molar-refractivity contribution in [1.29, 1.82) is 0 Å². The molecule has 0 aliphatic rings. The van der Waals surface area contributed by atoms with Crippen molar-refractivity contribution >= 4 is 0 Å². The molecule has 0 spiro atoms. The molecule has 4 heteroatoms. The minimum absolute atomic E-state index is 0.186. The Morgan fingerprint density at radius 3 is 2.47 bits per heavy atom. The van der Waals surface area contributed by atoms with E-state index in [0.717, 1.165) is 5.56 Å². The number of nitrogens with zero attached hydrogens (tertiary/aromatic N) is 1. The molecule has 3 nitrogen and oxygen atoms in total. The molecule has 1 heterocycles. The lowest BCUT2D eigenvalue weighted by molar-refractivity contribution is 0.627. The van der Waals surface area contributed by atoms with Gasteiger partial charge in [-0.15, -0.1) is 0 Å². The predicted molar refractivity (Wildman–Crippen MR) is 64.5 cm³/mol. The molecule has 0 radical (unpaired) electrons. The van der Waals surface area contributed by atoms with Gasteiger partial charge in [0.05, 0.1) is 0 Å². The maximum Gasteiger partial charge on any atom is 0.254 e. The molecule has 17 heavy (non-hydrogen) atoms. The molecule has 0 atom stereocenters. The van der Waals surface area contributed by atoms with Crippen LogP contribution in [0.3, 0.4) is 0 Å². The molecule has 0 bridgehead atoms. The van der Waals surface area contributed by atoms with Gasteiger partial charge >= 0.3 is 0 Å². The van der Waals surface area contributed by atoms with E-state index in [0.29, 0.717) is 22.6 Å².